The van der Waals surface area contributed by atoms with Crippen molar-refractivity contribution in [3.63, 3.8) is 0 Å². The van der Waals surface area contributed by atoms with E-state index < -0.39 is 10.8 Å². The fourth-order valence-electron chi connectivity index (χ4n) is 3.79. The number of nitrogens with one attached hydrogen (secondary N) is 1. The van der Waals surface area contributed by atoms with Crippen LogP contribution in [0, 0.1) is 10.1 Å². The first-order chi connectivity index (χ1) is 11.5. The van der Waals surface area contributed by atoms with Gasteiger partial charge in [0.2, 0.25) is 0 Å². The van der Waals surface area contributed by atoms with E-state index in [4.69, 9.17) is 11.6 Å². The molecule has 1 aromatic carbocycles. The fourth-order valence-corrected chi connectivity index (χ4v) is 3.98. The number of benzene rings is 1. The van der Waals surface area contributed by atoms with Gasteiger partial charge in [-0.05, 0) is 24.5 Å². The van der Waals surface area contributed by atoms with Gasteiger partial charge in [0.05, 0.1) is 4.92 Å². The highest BCUT2D eigenvalue weighted by Crippen LogP contribution is 2.47. The van der Waals surface area contributed by atoms with Crippen LogP contribution in [0.25, 0.3) is 0 Å². The Hall–Kier alpha value is -2.47. The predicted octanol–water partition coefficient (Wildman–Crippen LogP) is 3.17. The van der Waals surface area contributed by atoms with Gasteiger partial charge in [-0.2, -0.15) is 0 Å². The molecule has 0 saturated heterocycles. The Kier molecular flexibility index (Phi) is 3.31. The number of hydrogen-bond donors (Lipinski definition) is 1. The normalized spacial score (nSPS) is 20.4. The van der Waals surface area contributed by atoms with Crippen molar-refractivity contribution < 1.29 is 14.5 Å². The Bertz CT molecular complexity index is 845. The van der Waals surface area contributed by atoms with Crippen LogP contribution in [0.3, 0.4) is 0 Å². The first-order valence-corrected chi connectivity index (χ1v) is 8.08. The van der Waals surface area contributed by atoms with Gasteiger partial charge in [-0.3, -0.25) is 19.7 Å². The highest BCUT2D eigenvalue weighted by molar-refractivity contribution is 6.32. The first-order valence-electron chi connectivity index (χ1n) is 7.70. The molecule has 24 heavy (non-hydrogen) atoms. The minimum absolute atomic E-state index is 0.00801. The van der Waals surface area contributed by atoms with E-state index in [1.807, 2.05) is 0 Å². The molecule has 0 aromatic heterocycles. The number of nitro benzene ring substituents is 1. The zero-order valence-electron chi connectivity index (χ0n) is 12.6. The fraction of sp³-hybridized carbons (Fsp3) is 0.294. The third kappa shape index (κ3) is 2.10. The maximum Gasteiger partial charge on any atom is 0.288 e. The second-order valence-electron chi connectivity index (χ2n) is 6.16. The summed E-state index contributed by atoms with van der Waals surface area (Å²) in [5.41, 5.74) is 3.18. The minimum atomic E-state index is -0.551. The van der Waals surface area contributed by atoms with Crippen LogP contribution in [0.15, 0.2) is 40.7 Å². The molecule has 1 aromatic rings. The molecule has 1 N–H and O–H groups in total. The molecule has 1 heterocycles. The van der Waals surface area contributed by atoms with Gasteiger partial charge >= 0.3 is 0 Å². The molecule has 0 radical (unpaired) electrons. The number of ketones is 2. The predicted molar refractivity (Wildman–Crippen MR) is 86.5 cm³/mol. The first kappa shape index (κ1) is 15.1. The summed E-state index contributed by atoms with van der Waals surface area (Å²) in [6.07, 6.45) is 2.04. The average Bonchev–Trinajstić information content (AvgIpc) is 3.10. The molecule has 0 bridgehead atoms. The Morgan fingerprint density at radius 3 is 2.17 bits per heavy atom. The summed E-state index contributed by atoms with van der Waals surface area (Å²) in [5.74, 6) is -0.546. The molecule has 7 heteroatoms. The molecular formula is C17H13ClN2O4. The van der Waals surface area contributed by atoms with Crippen molar-refractivity contribution in [2.75, 3.05) is 0 Å². The largest absolute Gasteiger partial charge is 0.362 e. The number of carbonyl (C=O) groups is 2. The highest BCUT2D eigenvalue weighted by Gasteiger charge is 2.42. The summed E-state index contributed by atoms with van der Waals surface area (Å²) in [6, 6.07) is 4.50. The van der Waals surface area contributed by atoms with Crippen LogP contribution in [0.1, 0.15) is 37.2 Å². The van der Waals surface area contributed by atoms with Crippen LogP contribution in [-0.4, -0.2) is 16.5 Å². The Morgan fingerprint density at radius 2 is 1.62 bits per heavy atom. The van der Waals surface area contributed by atoms with Crippen molar-refractivity contribution in [3.8, 4) is 0 Å². The van der Waals surface area contributed by atoms with Crippen molar-refractivity contribution in [3.05, 3.63) is 61.4 Å². The Labute approximate surface area is 142 Å². The van der Waals surface area contributed by atoms with Gasteiger partial charge in [0.1, 0.15) is 5.02 Å². The van der Waals surface area contributed by atoms with Crippen molar-refractivity contribution in [1.82, 2.24) is 5.32 Å². The standard InChI is InChI=1S/C17H13ClN2O4/c18-9-2-1-8(7-12(9)20(23)24)15-16-10(3-5-13(16)21)19-11-4-6-14(22)17(11)15/h1-2,7,15,19H,3-6H2. The van der Waals surface area contributed by atoms with E-state index in [1.54, 1.807) is 6.07 Å². The molecule has 3 aliphatic rings. The van der Waals surface area contributed by atoms with Gasteiger partial charge in [-0.15, -0.1) is 0 Å². The summed E-state index contributed by atoms with van der Waals surface area (Å²) in [7, 11) is 0. The smallest absolute Gasteiger partial charge is 0.288 e. The van der Waals surface area contributed by atoms with E-state index in [9.17, 15) is 19.7 Å². The minimum Gasteiger partial charge on any atom is -0.362 e. The van der Waals surface area contributed by atoms with Gasteiger partial charge in [0.15, 0.2) is 11.6 Å². The number of nitrogens with zero attached hydrogens (tertiary/aromatic N) is 1. The summed E-state index contributed by atoms with van der Waals surface area (Å²) < 4.78 is 0. The van der Waals surface area contributed by atoms with Crippen molar-refractivity contribution in [2.24, 2.45) is 0 Å². The van der Waals surface area contributed by atoms with Crippen molar-refractivity contribution in [1.29, 1.82) is 0 Å². The van der Waals surface area contributed by atoms with Gasteiger partial charge in [0, 0.05) is 47.4 Å². The lowest BCUT2D eigenvalue weighted by Crippen LogP contribution is -2.26. The molecular weight excluding hydrogens is 332 g/mol. The van der Waals surface area contributed by atoms with E-state index >= 15 is 0 Å². The third-order valence-electron chi connectivity index (χ3n) is 4.83. The Morgan fingerprint density at radius 1 is 1.04 bits per heavy atom. The quantitative estimate of drug-likeness (QED) is 0.657. The van der Waals surface area contributed by atoms with E-state index in [1.165, 1.54) is 12.1 Å². The summed E-state index contributed by atoms with van der Waals surface area (Å²) >= 11 is 5.90. The van der Waals surface area contributed by atoms with Crippen LogP contribution < -0.4 is 5.32 Å². The van der Waals surface area contributed by atoms with Crippen molar-refractivity contribution in [2.45, 2.75) is 31.6 Å². The highest BCUT2D eigenvalue weighted by atomic mass is 35.5. The summed E-state index contributed by atoms with van der Waals surface area (Å²) in [6.45, 7) is 0. The number of Topliss-reactive ketones (excluding diaryl/α,β-unsaturated/α-hetero) is 2. The van der Waals surface area contributed by atoms with E-state index in [2.05, 4.69) is 5.32 Å². The zero-order valence-corrected chi connectivity index (χ0v) is 13.4. The third-order valence-corrected chi connectivity index (χ3v) is 5.15. The van der Waals surface area contributed by atoms with Crippen LogP contribution in [0.5, 0.6) is 0 Å². The second-order valence-corrected chi connectivity index (χ2v) is 6.56. The van der Waals surface area contributed by atoms with Crippen LogP contribution >= 0.6 is 11.6 Å². The Balaban J connectivity index is 1.91. The topological polar surface area (TPSA) is 89.3 Å². The molecule has 6 nitrogen and oxygen atoms in total. The number of allylic oxidation sites excluding steroid dienone is 4. The molecule has 0 fully saturated rings. The molecule has 0 saturated carbocycles. The number of rotatable bonds is 2. The SMILES string of the molecule is O=C1CCC2=C1C(c1ccc(Cl)c([N+](=O)[O-])c1)C1=C(CCC1=O)N2. The van der Waals surface area contributed by atoms with Crippen LogP contribution in [0.4, 0.5) is 5.69 Å². The van der Waals surface area contributed by atoms with Crippen LogP contribution in [0.2, 0.25) is 5.02 Å². The molecule has 122 valence electrons. The number of nitro groups is 1. The van der Waals surface area contributed by atoms with E-state index in [0.717, 1.165) is 11.4 Å². The molecule has 0 spiro atoms. The molecule has 0 amide bonds. The van der Waals surface area contributed by atoms with Crippen LogP contribution in [-0.2, 0) is 9.59 Å². The lowest BCUT2D eigenvalue weighted by Gasteiger charge is -2.27. The summed E-state index contributed by atoms with van der Waals surface area (Å²) in [5, 5.41) is 14.5. The second kappa shape index (κ2) is 5.27. The lowest BCUT2D eigenvalue weighted by molar-refractivity contribution is -0.384. The van der Waals surface area contributed by atoms with Gasteiger partial charge in [-0.25, -0.2) is 0 Å². The van der Waals surface area contributed by atoms with Gasteiger partial charge < -0.3 is 5.32 Å². The molecule has 0 unspecified atom stereocenters. The van der Waals surface area contributed by atoms with Gasteiger partial charge in [-0.1, -0.05) is 17.7 Å². The lowest BCUT2D eigenvalue weighted by atomic mass is 9.80. The summed E-state index contributed by atoms with van der Waals surface area (Å²) in [4.78, 5) is 35.4. The van der Waals surface area contributed by atoms with Crippen molar-refractivity contribution >= 4 is 28.9 Å². The average molecular weight is 345 g/mol. The van der Waals surface area contributed by atoms with E-state index in [0.29, 0.717) is 42.4 Å². The number of hydrogen-bond acceptors (Lipinski definition) is 5. The number of dihydropyridines is 1. The zero-order chi connectivity index (χ0) is 17.0. The molecule has 0 atom stereocenters. The number of halogens is 1. The molecule has 2 aliphatic carbocycles. The maximum absolute atomic E-state index is 12.4. The maximum atomic E-state index is 12.4. The number of carbonyl (C=O) groups excluding carboxylic acids is 2. The van der Waals surface area contributed by atoms with Gasteiger partial charge in [0.25, 0.3) is 5.69 Å². The monoisotopic (exact) mass is 344 g/mol. The molecule has 1 aliphatic heterocycles. The van der Waals surface area contributed by atoms with E-state index in [-0.39, 0.29) is 22.3 Å². The molecule has 4 rings (SSSR count).